The number of hydrazone groups is 1. The predicted molar refractivity (Wildman–Crippen MR) is 131 cm³/mol. The highest BCUT2D eigenvalue weighted by Crippen LogP contribution is 2.32. The van der Waals surface area contributed by atoms with Crippen molar-refractivity contribution in [2.24, 2.45) is 5.10 Å². The fraction of sp³-hybridized carbons (Fsp3) is 0.160. The molecule has 3 aromatic carbocycles. The van der Waals surface area contributed by atoms with Crippen LogP contribution in [-0.4, -0.2) is 37.4 Å². The van der Waals surface area contributed by atoms with Crippen LogP contribution in [0.15, 0.2) is 77.9 Å². The standard InChI is InChI=1S/C25H23N3O4S/c1-3-31-20-11-9-18(10-12-20)16-26-28(24(29)17-32-19-7-5-4-6-8-19)25-27-22-14-13-21(30-2)15-23(22)33-25/h4-16H,3,17H2,1-2H3/b26-16+. The summed E-state index contributed by atoms with van der Waals surface area (Å²) < 4.78 is 17.3. The second-order valence-corrected chi connectivity index (χ2v) is 7.89. The normalized spacial score (nSPS) is 11.0. The molecule has 8 heteroatoms. The number of benzene rings is 3. The summed E-state index contributed by atoms with van der Waals surface area (Å²) in [7, 11) is 1.61. The number of para-hydroxylation sites is 1. The number of carbonyl (C=O) groups excluding carboxylic acids is 1. The summed E-state index contributed by atoms with van der Waals surface area (Å²) in [5.74, 6) is 1.77. The van der Waals surface area contributed by atoms with Crippen LogP contribution >= 0.6 is 11.3 Å². The van der Waals surface area contributed by atoms with Gasteiger partial charge in [-0.3, -0.25) is 4.79 Å². The van der Waals surface area contributed by atoms with Crippen molar-refractivity contribution < 1.29 is 19.0 Å². The molecule has 7 nitrogen and oxygen atoms in total. The molecule has 0 saturated carbocycles. The van der Waals surface area contributed by atoms with E-state index in [0.717, 1.165) is 27.3 Å². The zero-order valence-corrected chi connectivity index (χ0v) is 19.1. The first-order valence-electron chi connectivity index (χ1n) is 10.4. The topological polar surface area (TPSA) is 73.2 Å². The Morgan fingerprint density at radius 2 is 1.73 bits per heavy atom. The monoisotopic (exact) mass is 461 g/mol. The molecule has 0 radical (unpaired) electrons. The van der Waals surface area contributed by atoms with Gasteiger partial charge in [0, 0.05) is 0 Å². The van der Waals surface area contributed by atoms with Crippen LogP contribution in [0.3, 0.4) is 0 Å². The Balaban J connectivity index is 1.60. The molecule has 168 valence electrons. The molecule has 0 aliphatic carbocycles. The van der Waals surface area contributed by atoms with E-state index in [0.29, 0.717) is 17.5 Å². The Labute approximate surface area is 195 Å². The van der Waals surface area contributed by atoms with Crippen LogP contribution < -0.4 is 19.2 Å². The number of nitrogens with zero attached hydrogens (tertiary/aromatic N) is 3. The number of fused-ring (bicyclic) bond motifs is 1. The number of hydrogen-bond acceptors (Lipinski definition) is 7. The molecule has 1 amide bonds. The van der Waals surface area contributed by atoms with Crippen LogP contribution in [0.1, 0.15) is 12.5 Å². The third kappa shape index (κ3) is 5.67. The van der Waals surface area contributed by atoms with Gasteiger partial charge in [0.1, 0.15) is 17.2 Å². The van der Waals surface area contributed by atoms with Crippen molar-refractivity contribution in [3.05, 3.63) is 78.4 Å². The fourth-order valence-corrected chi connectivity index (χ4v) is 3.96. The number of amides is 1. The Morgan fingerprint density at radius 3 is 2.45 bits per heavy atom. The van der Waals surface area contributed by atoms with Crippen LogP contribution in [0.4, 0.5) is 5.13 Å². The average Bonchev–Trinajstić information content (AvgIpc) is 3.27. The fourth-order valence-electron chi connectivity index (χ4n) is 2.99. The molecule has 0 aliphatic rings. The molecule has 0 atom stereocenters. The van der Waals surface area contributed by atoms with Gasteiger partial charge in [0.25, 0.3) is 5.91 Å². The van der Waals surface area contributed by atoms with Gasteiger partial charge in [-0.05, 0) is 67.1 Å². The first kappa shape index (κ1) is 22.3. The van der Waals surface area contributed by atoms with Gasteiger partial charge < -0.3 is 14.2 Å². The second kappa shape index (κ2) is 10.6. The van der Waals surface area contributed by atoms with Gasteiger partial charge in [0.2, 0.25) is 5.13 Å². The van der Waals surface area contributed by atoms with E-state index >= 15 is 0 Å². The maximum Gasteiger partial charge on any atom is 0.287 e. The molecule has 4 rings (SSSR count). The van der Waals surface area contributed by atoms with Crippen molar-refractivity contribution >= 4 is 38.8 Å². The number of anilines is 1. The van der Waals surface area contributed by atoms with Crippen LogP contribution in [0.2, 0.25) is 0 Å². The smallest absolute Gasteiger partial charge is 0.287 e. The summed E-state index contributed by atoms with van der Waals surface area (Å²) in [6.07, 6.45) is 1.61. The number of aromatic nitrogens is 1. The molecule has 0 spiro atoms. The zero-order chi connectivity index (χ0) is 23.0. The number of carbonyl (C=O) groups is 1. The lowest BCUT2D eigenvalue weighted by Gasteiger charge is -2.14. The van der Waals surface area contributed by atoms with E-state index in [1.807, 2.05) is 67.6 Å². The van der Waals surface area contributed by atoms with Crippen molar-refractivity contribution in [3.8, 4) is 17.2 Å². The molecule has 0 fully saturated rings. The van der Waals surface area contributed by atoms with Crippen LogP contribution in [-0.2, 0) is 4.79 Å². The molecule has 33 heavy (non-hydrogen) atoms. The van der Waals surface area contributed by atoms with Crippen molar-refractivity contribution in [1.29, 1.82) is 0 Å². The van der Waals surface area contributed by atoms with Gasteiger partial charge in [-0.1, -0.05) is 29.5 Å². The lowest BCUT2D eigenvalue weighted by molar-refractivity contribution is -0.120. The van der Waals surface area contributed by atoms with Crippen molar-refractivity contribution in [1.82, 2.24) is 4.98 Å². The van der Waals surface area contributed by atoms with Gasteiger partial charge >= 0.3 is 0 Å². The van der Waals surface area contributed by atoms with Gasteiger partial charge in [0.15, 0.2) is 6.61 Å². The maximum absolute atomic E-state index is 13.1. The molecular formula is C25H23N3O4S. The molecule has 0 aliphatic heterocycles. The molecule has 0 unspecified atom stereocenters. The Morgan fingerprint density at radius 1 is 1.00 bits per heavy atom. The highest BCUT2D eigenvalue weighted by molar-refractivity contribution is 7.22. The number of rotatable bonds is 9. The maximum atomic E-state index is 13.1. The molecule has 1 aromatic heterocycles. The van der Waals surface area contributed by atoms with Gasteiger partial charge in [0.05, 0.1) is 30.1 Å². The minimum atomic E-state index is -0.341. The van der Waals surface area contributed by atoms with E-state index in [2.05, 4.69) is 10.1 Å². The number of methoxy groups -OCH3 is 1. The largest absolute Gasteiger partial charge is 0.497 e. The number of ether oxygens (including phenoxy) is 3. The summed E-state index contributed by atoms with van der Waals surface area (Å²) >= 11 is 1.35. The molecule has 0 N–H and O–H groups in total. The van der Waals surface area contributed by atoms with Crippen LogP contribution in [0.25, 0.3) is 10.2 Å². The van der Waals surface area contributed by atoms with Gasteiger partial charge in [-0.15, -0.1) is 0 Å². The van der Waals surface area contributed by atoms with E-state index in [4.69, 9.17) is 14.2 Å². The van der Waals surface area contributed by atoms with Crippen molar-refractivity contribution in [2.75, 3.05) is 25.3 Å². The first-order valence-corrected chi connectivity index (χ1v) is 11.2. The quantitative estimate of drug-likeness (QED) is 0.255. The average molecular weight is 462 g/mol. The first-order chi connectivity index (χ1) is 16.2. The molecular weight excluding hydrogens is 438 g/mol. The lowest BCUT2D eigenvalue weighted by atomic mass is 10.2. The van der Waals surface area contributed by atoms with Crippen LogP contribution in [0.5, 0.6) is 17.2 Å². The third-order valence-corrected chi connectivity index (χ3v) is 5.61. The van der Waals surface area contributed by atoms with Crippen molar-refractivity contribution in [3.63, 3.8) is 0 Å². The summed E-state index contributed by atoms with van der Waals surface area (Å²) in [4.78, 5) is 17.7. The van der Waals surface area contributed by atoms with Crippen LogP contribution in [0, 0.1) is 0 Å². The summed E-state index contributed by atoms with van der Waals surface area (Å²) in [5, 5.41) is 6.17. The minimum absolute atomic E-state index is 0.177. The van der Waals surface area contributed by atoms with Gasteiger partial charge in [-0.2, -0.15) is 10.1 Å². The molecule has 0 bridgehead atoms. The SMILES string of the molecule is CCOc1ccc(/C=N/N(C(=O)COc2ccccc2)c2nc3ccc(OC)cc3s2)cc1. The highest BCUT2D eigenvalue weighted by Gasteiger charge is 2.20. The van der Waals surface area contributed by atoms with E-state index in [-0.39, 0.29) is 12.5 Å². The second-order valence-electron chi connectivity index (χ2n) is 6.88. The third-order valence-electron chi connectivity index (χ3n) is 4.62. The lowest BCUT2D eigenvalue weighted by Crippen LogP contribution is -2.30. The summed E-state index contributed by atoms with van der Waals surface area (Å²) in [6.45, 7) is 2.35. The Kier molecular flexibility index (Phi) is 7.16. The minimum Gasteiger partial charge on any atom is -0.497 e. The number of hydrogen-bond donors (Lipinski definition) is 0. The van der Waals surface area contributed by atoms with E-state index in [1.54, 1.807) is 25.5 Å². The highest BCUT2D eigenvalue weighted by atomic mass is 32.1. The molecule has 1 heterocycles. The Hall–Kier alpha value is -3.91. The Bertz CT molecular complexity index is 1240. The summed E-state index contributed by atoms with van der Waals surface area (Å²) in [6, 6.07) is 22.2. The number of thiazole rings is 1. The summed E-state index contributed by atoms with van der Waals surface area (Å²) in [5.41, 5.74) is 1.58. The zero-order valence-electron chi connectivity index (χ0n) is 18.3. The predicted octanol–water partition coefficient (Wildman–Crippen LogP) is 5.15. The van der Waals surface area contributed by atoms with Crippen molar-refractivity contribution in [2.45, 2.75) is 6.92 Å². The van der Waals surface area contributed by atoms with E-state index in [9.17, 15) is 4.79 Å². The van der Waals surface area contributed by atoms with Gasteiger partial charge in [-0.25, -0.2) is 4.98 Å². The molecule has 0 saturated heterocycles. The molecule has 4 aromatic rings. The van der Waals surface area contributed by atoms with E-state index in [1.165, 1.54) is 16.3 Å². The van der Waals surface area contributed by atoms with E-state index < -0.39 is 0 Å².